The maximum absolute atomic E-state index is 11.8. The predicted octanol–water partition coefficient (Wildman–Crippen LogP) is 2.27. The fourth-order valence-electron chi connectivity index (χ4n) is 3.26. The van der Waals surface area contributed by atoms with Gasteiger partial charge in [0.25, 0.3) is 0 Å². The van der Waals surface area contributed by atoms with Crippen molar-refractivity contribution in [2.24, 2.45) is 0 Å². The largest absolute Gasteiger partial charge is 0.477 e. The standard InChI is InChI=1S/C16H13NO4/c18-15(19)12-8-10-7-9-3-1-5-17-6-2-4-11(13(9)17)14(10)21-16(12)20/h2,4,7-8H,1,3,5-6H2,(H,18,19). The van der Waals surface area contributed by atoms with Crippen LogP contribution in [0.3, 0.4) is 0 Å². The Hall–Kier alpha value is -2.56. The van der Waals surface area contributed by atoms with Gasteiger partial charge in [-0.1, -0.05) is 12.2 Å². The molecule has 106 valence electrons. The summed E-state index contributed by atoms with van der Waals surface area (Å²) >= 11 is 0. The lowest BCUT2D eigenvalue weighted by Gasteiger charge is -2.34. The zero-order valence-corrected chi connectivity index (χ0v) is 11.3. The second-order valence-electron chi connectivity index (χ2n) is 5.42. The van der Waals surface area contributed by atoms with Crippen LogP contribution in [0.1, 0.15) is 27.9 Å². The Kier molecular flexibility index (Phi) is 2.45. The fourth-order valence-corrected chi connectivity index (χ4v) is 3.26. The average molecular weight is 283 g/mol. The minimum absolute atomic E-state index is 0.317. The first-order valence-electron chi connectivity index (χ1n) is 6.93. The monoisotopic (exact) mass is 283 g/mol. The van der Waals surface area contributed by atoms with E-state index in [-0.39, 0.29) is 5.56 Å². The highest BCUT2D eigenvalue weighted by molar-refractivity contribution is 5.98. The van der Waals surface area contributed by atoms with Crippen molar-refractivity contribution in [3.63, 3.8) is 0 Å². The van der Waals surface area contributed by atoms with Gasteiger partial charge in [-0.05, 0) is 30.5 Å². The first-order chi connectivity index (χ1) is 10.1. The number of hydrogen-bond acceptors (Lipinski definition) is 4. The molecule has 0 atom stereocenters. The molecule has 0 saturated heterocycles. The van der Waals surface area contributed by atoms with Crippen LogP contribution in [0, 0.1) is 0 Å². The molecule has 1 aromatic carbocycles. The van der Waals surface area contributed by atoms with Crippen LogP contribution < -0.4 is 10.5 Å². The summed E-state index contributed by atoms with van der Waals surface area (Å²) in [6, 6.07) is 3.37. The van der Waals surface area contributed by atoms with E-state index in [0.29, 0.717) is 11.0 Å². The Morgan fingerprint density at radius 2 is 2.19 bits per heavy atom. The van der Waals surface area contributed by atoms with Gasteiger partial charge < -0.3 is 14.4 Å². The second-order valence-corrected chi connectivity index (χ2v) is 5.42. The molecular weight excluding hydrogens is 270 g/mol. The van der Waals surface area contributed by atoms with Crippen LogP contribution in [-0.2, 0) is 6.42 Å². The van der Waals surface area contributed by atoms with Crippen molar-refractivity contribution in [3.05, 3.63) is 45.3 Å². The summed E-state index contributed by atoms with van der Waals surface area (Å²) in [4.78, 5) is 25.2. The number of carboxylic acid groups (broad SMARTS) is 1. The molecule has 1 N–H and O–H groups in total. The van der Waals surface area contributed by atoms with Gasteiger partial charge in [-0.3, -0.25) is 0 Å². The van der Waals surface area contributed by atoms with Crippen molar-refractivity contribution < 1.29 is 14.3 Å². The molecular formula is C16H13NO4. The molecule has 0 radical (unpaired) electrons. The fraction of sp³-hybridized carbons (Fsp3) is 0.250. The molecule has 2 aliphatic heterocycles. The van der Waals surface area contributed by atoms with Gasteiger partial charge in [-0.15, -0.1) is 0 Å². The Morgan fingerprint density at radius 1 is 1.33 bits per heavy atom. The van der Waals surface area contributed by atoms with Crippen LogP contribution in [-0.4, -0.2) is 24.2 Å². The molecule has 0 aliphatic carbocycles. The molecule has 0 bridgehead atoms. The van der Waals surface area contributed by atoms with E-state index in [0.717, 1.165) is 37.2 Å². The SMILES string of the molecule is O=C(O)c1cc2cc3c4c(c2oc1=O)C=CCN4CCC3. The Morgan fingerprint density at radius 3 is 3.00 bits per heavy atom. The highest BCUT2D eigenvalue weighted by atomic mass is 16.4. The van der Waals surface area contributed by atoms with Crippen molar-refractivity contribution in [1.29, 1.82) is 0 Å². The number of nitrogens with zero attached hydrogens (tertiary/aromatic N) is 1. The third-order valence-electron chi connectivity index (χ3n) is 4.14. The van der Waals surface area contributed by atoms with Crippen molar-refractivity contribution in [3.8, 4) is 0 Å². The molecule has 21 heavy (non-hydrogen) atoms. The summed E-state index contributed by atoms with van der Waals surface area (Å²) in [6.07, 6.45) is 6.05. The van der Waals surface area contributed by atoms with Gasteiger partial charge in [0.15, 0.2) is 0 Å². The first kappa shape index (κ1) is 12.2. The Bertz CT molecular complexity index is 863. The van der Waals surface area contributed by atoms with Crippen LogP contribution in [0.15, 0.2) is 27.4 Å². The third kappa shape index (κ3) is 1.70. The number of aromatic carboxylic acids is 1. The van der Waals surface area contributed by atoms with Crippen molar-refractivity contribution >= 4 is 28.7 Å². The predicted molar refractivity (Wildman–Crippen MR) is 79.0 cm³/mol. The van der Waals surface area contributed by atoms with E-state index in [4.69, 9.17) is 9.52 Å². The van der Waals surface area contributed by atoms with Crippen LogP contribution in [0.4, 0.5) is 5.69 Å². The Balaban J connectivity index is 2.11. The van der Waals surface area contributed by atoms with E-state index in [1.807, 2.05) is 18.2 Å². The molecule has 1 aromatic heterocycles. The third-order valence-corrected chi connectivity index (χ3v) is 4.14. The van der Waals surface area contributed by atoms with Gasteiger partial charge in [-0.2, -0.15) is 0 Å². The molecule has 4 rings (SSSR count). The smallest absolute Gasteiger partial charge is 0.351 e. The number of fused-ring (bicyclic) bond motifs is 2. The maximum atomic E-state index is 11.8. The number of carbonyl (C=O) groups is 1. The molecule has 2 aliphatic rings. The van der Waals surface area contributed by atoms with Crippen molar-refractivity contribution in [2.75, 3.05) is 18.0 Å². The number of benzene rings is 1. The highest BCUT2D eigenvalue weighted by Crippen LogP contribution is 2.39. The van der Waals surface area contributed by atoms with Gasteiger partial charge in [-0.25, -0.2) is 9.59 Å². The number of hydrogen-bond donors (Lipinski definition) is 1. The molecule has 0 spiro atoms. The van der Waals surface area contributed by atoms with E-state index in [9.17, 15) is 9.59 Å². The van der Waals surface area contributed by atoms with Crippen LogP contribution in [0.25, 0.3) is 17.0 Å². The zero-order chi connectivity index (χ0) is 14.6. The van der Waals surface area contributed by atoms with Gasteiger partial charge in [0.05, 0.1) is 5.69 Å². The highest BCUT2D eigenvalue weighted by Gasteiger charge is 2.25. The molecule has 5 nitrogen and oxygen atoms in total. The maximum Gasteiger partial charge on any atom is 0.351 e. The van der Waals surface area contributed by atoms with Crippen molar-refractivity contribution in [2.45, 2.75) is 12.8 Å². The van der Waals surface area contributed by atoms with E-state index < -0.39 is 11.6 Å². The van der Waals surface area contributed by atoms with E-state index in [2.05, 4.69) is 4.90 Å². The Labute approximate surface area is 120 Å². The van der Waals surface area contributed by atoms with Gasteiger partial charge >= 0.3 is 11.6 Å². The molecule has 5 heteroatoms. The molecule has 0 amide bonds. The van der Waals surface area contributed by atoms with Gasteiger partial charge in [0.2, 0.25) is 0 Å². The molecule has 0 fully saturated rings. The average Bonchev–Trinajstić information content (AvgIpc) is 2.48. The summed E-state index contributed by atoms with van der Waals surface area (Å²) in [5, 5.41) is 9.74. The summed E-state index contributed by atoms with van der Waals surface area (Å²) in [7, 11) is 0. The minimum atomic E-state index is -1.26. The lowest BCUT2D eigenvalue weighted by Crippen LogP contribution is -2.32. The molecule has 2 aromatic rings. The number of anilines is 1. The van der Waals surface area contributed by atoms with Crippen LogP contribution >= 0.6 is 0 Å². The zero-order valence-electron chi connectivity index (χ0n) is 11.3. The minimum Gasteiger partial charge on any atom is -0.477 e. The summed E-state index contributed by atoms with van der Waals surface area (Å²) in [5.41, 5.74) is 2.57. The van der Waals surface area contributed by atoms with Gasteiger partial charge in [0, 0.05) is 24.0 Å². The summed E-state index contributed by atoms with van der Waals surface area (Å²) in [6.45, 7) is 1.86. The normalized spacial score (nSPS) is 16.1. The summed E-state index contributed by atoms with van der Waals surface area (Å²) < 4.78 is 5.31. The van der Waals surface area contributed by atoms with Crippen LogP contribution in [0.2, 0.25) is 0 Å². The number of aryl methyl sites for hydroxylation is 1. The van der Waals surface area contributed by atoms with Crippen molar-refractivity contribution in [1.82, 2.24) is 0 Å². The molecule has 0 saturated carbocycles. The topological polar surface area (TPSA) is 70.7 Å². The van der Waals surface area contributed by atoms with Gasteiger partial charge in [0.1, 0.15) is 11.1 Å². The summed E-state index contributed by atoms with van der Waals surface area (Å²) in [5.74, 6) is -1.26. The van der Waals surface area contributed by atoms with E-state index >= 15 is 0 Å². The first-order valence-corrected chi connectivity index (χ1v) is 6.93. The van der Waals surface area contributed by atoms with E-state index in [1.165, 1.54) is 11.6 Å². The van der Waals surface area contributed by atoms with Crippen LogP contribution in [0.5, 0.6) is 0 Å². The molecule has 0 unspecified atom stereocenters. The second kappa shape index (κ2) is 4.22. The lowest BCUT2D eigenvalue weighted by molar-refractivity contribution is 0.0692. The van der Waals surface area contributed by atoms with E-state index in [1.54, 1.807) is 0 Å². The number of rotatable bonds is 1. The number of carboxylic acids is 1. The lowest BCUT2D eigenvalue weighted by atomic mass is 9.93. The molecule has 3 heterocycles. The quantitative estimate of drug-likeness (QED) is 0.813.